The summed E-state index contributed by atoms with van der Waals surface area (Å²) in [6.07, 6.45) is 0. The predicted octanol–water partition coefficient (Wildman–Crippen LogP) is 3.02. The molecule has 0 aliphatic carbocycles. The van der Waals surface area contributed by atoms with Crippen LogP contribution in [0.15, 0.2) is 59.6 Å². The van der Waals surface area contributed by atoms with E-state index in [4.69, 9.17) is 0 Å². The van der Waals surface area contributed by atoms with Crippen LogP contribution in [0.4, 0.5) is 17.1 Å². The van der Waals surface area contributed by atoms with E-state index in [2.05, 4.69) is 43.4 Å². The summed E-state index contributed by atoms with van der Waals surface area (Å²) in [5, 5.41) is 3.21. The first-order chi connectivity index (χ1) is 9.15. The molecule has 0 heterocycles. The molecular weight excluding hydrogens is 301 g/mol. The van der Waals surface area contributed by atoms with Crippen molar-refractivity contribution in [1.29, 1.82) is 0 Å². The van der Waals surface area contributed by atoms with Crippen LogP contribution in [0, 0.1) is 0 Å². The molecule has 4 heteroatoms. The minimum absolute atomic E-state index is 0.754. The molecule has 97 valence electrons. The molecule has 2 aromatic rings. The Balaban J connectivity index is 2.08. The van der Waals surface area contributed by atoms with E-state index in [-0.39, 0.29) is 0 Å². The van der Waals surface area contributed by atoms with Gasteiger partial charge in [0.15, 0.2) is 0 Å². The number of hydrogen-bond donors (Lipinski definition) is 1. The van der Waals surface area contributed by atoms with Crippen LogP contribution in [0.3, 0.4) is 0 Å². The van der Waals surface area contributed by atoms with Gasteiger partial charge in [0.2, 0.25) is 0 Å². The molecule has 0 fully saturated rings. The first-order valence-electron chi connectivity index (χ1n) is 6.00. The Morgan fingerprint density at radius 2 is 1.63 bits per heavy atom. The quantitative estimate of drug-likeness (QED) is 0.535. The third kappa shape index (κ3) is 4.12. The molecule has 0 aliphatic heterocycles. The molecule has 0 amide bonds. The van der Waals surface area contributed by atoms with Crippen LogP contribution < -0.4 is 10.2 Å². The Hall–Kier alpha value is -1.77. The fourth-order valence-corrected chi connectivity index (χ4v) is 2.08. The number of nitrogens with zero attached hydrogens (tertiary/aromatic N) is 2. The van der Waals surface area contributed by atoms with Crippen molar-refractivity contribution in [3.63, 3.8) is 0 Å². The average molecular weight is 317 g/mol. The van der Waals surface area contributed by atoms with Gasteiger partial charge in [0, 0.05) is 0 Å². The summed E-state index contributed by atoms with van der Waals surface area (Å²) in [4.78, 5) is 6.55. The Kier molecular flexibility index (Phi) is 4.61. The third-order valence-corrected chi connectivity index (χ3v) is 3.03. The standard InChI is InChI=1S/C15H16N3Se/c1-18(2)14-10-8-13(9-11-14)17-15(19)16-12-6-4-3-5-7-12/h3-11H,1-2H3,(H,16,17). The molecule has 0 aromatic heterocycles. The van der Waals surface area contributed by atoms with Crippen molar-refractivity contribution in [2.24, 2.45) is 4.99 Å². The zero-order chi connectivity index (χ0) is 13.7. The van der Waals surface area contributed by atoms with Crippen molar-refractivity contribution in [3.8, 4) is 0 Å². The van der Waals surface area contributed by atoms with Gasteiger partial charge in [-0.1, -0.05) is 0 Å². The molecule has 2 aromatic carbocycles. The van der Waals surface area contributed by atoms with Crippen LogP contribution in [0.25, 0.3) is 0 Å². The van der Waals surface area contributed by atoms with E-state index < -0.39 is 0 Å². The molecule has 0 unspecified atom stereocenters. The maximum atomic E-state index is 4.49. The van der Waals surface area contributed by atoms with E-state index in [1.165, 1.54) is 0 Å². The molecule has 0 saturated carbocycles. The summed E-state index contributed by atoms with van der Waals surface area (Å²) >= 11 is 2.94. The zero-order valence-corrected chi connectivity index (χ0v) is 12.7. The molecule has 1 radical (unpaired) electrons. The number of anilines is 2. The number of nitrogens with one attached hydrogen (secondary N) is 1. The second-order valence-electron chi connectivity index (χ2n) is 4.32. The molecule has 1 N–H and O–H groups in total. The van der Waals surface area contributed by atoms with Crippen molar-refractivity contribution >= 4 is 37.8 Å². The summed E-state index contributed by atoms with van der Waals surface area (Å²) < 4.78 is 0.754. The zero-order valence-electron chi connectivity index (χ0n) is 11.0. The second-order valence-corrected chi connectivity index (χ2v) is 5.13. The third-order valence-electron chi connectivity index (χ3n) is 2.62. The van der Waals surface area contributed by atoms with Crippen LogP contribution in [-0.2, 0) is 0 Å². The Labute approximate surface area is 122 Å². The molecule has 0 aliphatic rings. The number of aliphatic imine (C=N–C) groups is 1. The van der Waals surface area contributed by atoms with E-state index in [9.17, 15) is 0 Å². The molecule has 2 rings (SSSR count). The summed E-state index contributed by atoms with van der Waals surface area (Å²) in [6, 6.07) is 18.1. The van der Waals surface area contributed by atoms with Crippen LogP contribution in [0.1, 0.15) is 0 Å². The maximum absolute atomic E-state index is 4.49. The van der Waals surface area contributed by atoms with Gasteiger partial charge in [-0.25, -0.2) is 0 Å². The fraction of sp³-hybridized carbons (Fsp3) is 0.133. The fourth-order valence-electron chi connectivity index (χ4n) is 1.62. The van der Waals surface area contributed by atoms with Gasteiger partial charge in [0.25, 0.3) is 0 Å². The van der Waals surface area contributed by atoms with Gasteiger partial charge in [-0.05, 0) is 0 Å². The molecule has 3 nitrogen and oxygen atoms in total. The number of rotatable bonds is 3. The normalized spacial score (nSPS) is 11.2. The van der Waals surface area contributed by atoms with Gasteiger partial charge in [0.05, 0.1) is 0 Å². The van der Waals surface area contributed by atoms with E-state index in [0.717, 1.165) is 21.8 Å². The van der Waals surface area contributed by atoms with Gasteiger partial charge < -0.3 is 0 Å². The first-order valence-corrected chi connectivity index (χ1v) is 6.86. The van der Waals surface area contributed by atoms with Gasteiger partial charge in [-0.2, -0.15) is 0 Å². The van der Waals surface area contributed by atoms with Crippen LogP contribution in [0.5, 0.6) is 0 Å². The SMILES string of the molecule is CN(C)c1ccc(N=C([Se])Nc2ccccc2)cc1. The van der Waals surface area contributed by atoms with Crippen molar-refractivity contribution in [1.82, 2.24) is 0 Å². The Morgan fingerprint density at radius 3 is 2.21 bits per heavy atom. The van der Waals surface area contributed by atoms with Crippen molar-refractivity contribution in [2.45, 2.75) is 0 Å². The molecule has 0 spiro atoms. The summed E-state index contributed by atoms with van der Waals surface area (Å²) in [7, 11) is 4.04. The first kappa shape index (κ1) is 13.7. The van der Waals surface area contributed by atoms with E-state index >= 15 is 0 Å². The number of amidine groups is 1. The van der Waals surface area contributed by atoms with Gasteiger partial charge >= 0.3 is 122 Å². The monoisotopic (exact) mass is 318 g/mol. The molecule has 0 saturated heterocycles. The number of benzene rings is 2. The van der Waals surface area contributed by atoms with Gasteiger partial charge in [0.1, 0.15) is 0 Å². The van der Waals surface area contributed by atoms with Gasteiger partial charge in [-0.15, -0.1) is 0 Å². The van der Waals surface area contributed by atoms with E-state index in [0.29, 0.717) is 0 Å². The van der Waals surface area contributed by atoms with Crippen molar-refractivity contribution in [3.05, 3.63) is 54.6 Å². The summed E-state index contributed by atoms with van der Waals surface area (Å²) in [6.45, 7) is 0. The van der Waals surface area contributed by atoms with Gasteiger partial charge in [-0.3, -0.25) is 0 Å². The van der Waals surface area contributed by atoms with Crippen molar-refractivity contribution in [2.75, 3.05) is 24.3 Å². The average Bonchev–Trinajstić information content (AvgIpc) is 2.40. The Morgan fingerprint density at radius 1 is 1.00 bits per heavy atom. The van der Waals surface area contributed by atoms with E-state index in [1.54, 1.807) is 0 Å². The summed E-state index contributed by atoms with van der Waals surface area (Å²) in [5.41, 5.74) is 3.10. The molecule has 19 heavy (non-hydrogen) atoms. The number of para-hydroxylation sites is 1. The predicted molar refractivity (Wildman–Crippen MR) is 83.7 cm³/mol. The number of hydrogen-bond acceptors (Lipinski definition) is 2. The molecular formula is C15H16N3Se. The van der Waals surface area contributed by atoms with E-state index in [1.807, 2.05) is 56.6 Å². The van der Waals surface area contributed by atoms with Crippen LogP contribution in [-0.4, -0.2) is 34.8 Å². The Bertz CT molecular complexity index is 547. The van der Waals surface area contributed by atoms with Crippen LogP contribution >= 0.6 is 0 Å². The topological polar surface area (TPSA) is 27.6 Å². The second kappa shape index (κ2) is 6.41. The summed E-state index contributed by atoms with van der Waals surface area (Å²) in [5.74, 6) is 0. The van der Waals surface area contributed by atoms with Crippen LogP contribution in [0.2, 0.25) is 0 Å². The molecule has 0 bridgehead atoms. The minimum atomic E-state index is 0.754. The van der Waals surface area contributed by atoms with Crippen molar-refractivity contribution < 1.29 is 0 Å². The molecule has 0 atom stereocenters.